The zero-order valence-electron chi connectivity index (χ0n) is 16.9. The van der Waals surface area contributed by atoms with Crippen molar-refractivity contribution in [3.05, 3.63) is 89.5 Å². The van der Waals surface area contributed by atoms with Crippen molar-refractivity contribution in [3.63, 3.8) is 0 Å². The van der Waals surface area contributed by atoms with Gasteiger partial charge in [-0.15, -0.1) is 12.4 Å². The molecule has 4 rings (SSSR count). The molecule has 160 valence electrons. The van der Waals surface area contributed by atoms with Gasteiger partial charge in [-0.05, 0) is 23.3 Å². The Balaban J connectivity index is 0.00000256. The monoisotopic (exact) mass is 430 g/mol. The quantitative estimate of drug-likeness (QED) is 0.592. The Morgan fingerprint density at radius 2 is 1.83 bits per heavy atom. The number of benzene rings is 2. The van der Waals surface area contributed by atoms with Crippen LogP contribution < -0.4 is 5.32 Å². The molecule has 0 spiro atoms. The van der Waals surface area contributed by atoms with Gasteiger partial charge in [0.15, 0.2) is 0 Å². The van der Waals surface area contributed by atoms with Gasteiger partial charge in [-0.3, -0.25) is 9.58 Å². The van der Waals surface area contributed by atoms with Gasteiger partial charge < -0.3 is 10.1 Å². The van der Waals surface area contributed by atoms with Crippen LogP contribution in [0.2, 0.25) is 0 Å². The normalized spacial score (nSPS) is 15.5. The highest BCUT2D eigenvalue weighted by molar-refractivity contribution is 5.85. The molecule has 0 amide bonds. The Morgan fingerprint density at radius 3 is 2.60 bits per heavy atom. The summed E-state index contributed by atoms with van der Waals surface area (Å²) in [5, 5.41) is 8.00. The van der Waals surface area contributed by atoms with Crippen molar-refractivity contribution in [2.75, 3.05) is 32.8 Å². The summed E-state index contributed by atoms with van der Waals surface area (Å²) >= 11 is 0. The Hall–Kier alpha value is -2.25. The highest BCUT2D eigenvalue weighted by Crippen LogP contribution is 2.22. The van der Waals surface area contributed by atoms with Crippen LogP contribution in [0.15, 0.2) is 67.0 Å². The molecule has 3 aromatic rings. The van der Waals surface area contributed by atoms with E-state index in [1.807, 2.05) is 35.1 Å². The maximum absolute atomic E-state index is 13.8. The molecule has 1 aliphatic rings. The lowest BCUT2D eigenvalue weighted by Gasteiger charge is -2.35. The Morgan fingerprint density at radius 1 is 1.03 bits per heavy atom. The van der Waals surface area contributed by atoms with Crippen molar-refractivity contribution in [1.29, 1.82) is 0 Å². The van der Waals surface area contributed by atoms with Crippen molar-refractivity contribution in [1.82, 2.24) is 20.0 Å². The Kier molecular flexibility index (Phi) is 8.39. The van der Waals surface area contributed by atoms with E-state index in [1.165, 1.54) is 11.6 Å². The lowest BCUT2D eigenvalue weighted by atomic mass is 10.0. The van der Waals surface area contributed by atoms with Crippen LogP contribution in [0.3, 0.4) is 0 Å². The number of hydrogen-bond acceptors (Lipinski definition) is 4. The predicted molar refractivity (Wildman–Crippen MR) is 118 cm³/mol. The summed E-state index contributed by atoms with van der Waals surface area (Å²) in [5.74, 6) is -0.192. The van der Waals surface area contributed by atoms with E-state index in [0.29, 0.717) is 0 Å². The number of rotatable bonds is 8. The van der Waals surface area contributed by atoms with Gasteiger partial charge >= 0.3 is 0 Å². The Bertz CT molecular complexity index is 899. The highest BCUT2D eigenvalue weighted by atomic mass is 35.5. The summed E-state index contributed by atoms with van der Waals surface area (Å²) in [6.45, 7) is 5.39. The van der Waals surface area contributed by atoms with Crippen LogP contribution in [0.1, 0.15) is 22.7 Å². The number of aromatic nitrogens is 2. The summed E-state index contributed by atoms with van der Waals surface area (Å²) in [6.07, 6.45) is 3.98. The number of nitrogens with one attached hydrogen (secondary N) is 1. The van der Waals surface area contributed by atoms with Crippen LogP contribution in [-0.4, -0.2) is 47.5 Å². The van der Waals surface area contributed by atoms with Crippen molar-refractivity contribution in [3.8, 4) is 0 Å². The van der Waals surface area contributed by atoms with E-state index >= 15 is 0 Å². The minimum atomic E-state index is -0.192. The third-order valence-electron chi connectivity index (χ3n) is 5.26. The standard InChI is InChI=1S/C23H27FN4O.ClH/c24-22-8-4-7-21(13-22)23(27-9-11-29-12-10-27)16-25-14-20-15-26-28(18-20)17-19-5-2-1-3-6-19;/h1-8,13,15,18,23,25H,9-12,14,16-17H2;1H. The van der Waals surface area contributed by atoms with E-state index in [1.54, 1.807) is 12.1 Å². The molecule has 0 saturated carbocycles. The summed E-state index contributed by atoms with van der Waals surface area (Å²) in [6, 6.07) is 17.3. The maximum atomic E-state index is 13.8. The lowest BCUT2D eigenvalue weighted by Crippen LogP contribution is -2.42. The topological polar surface area (TPSA) is 42.3 Å². The molecular weight excluding hydrogens is 403 g/mol. The van der Waals surface area contributed by atoms with Gasteiger partial charge in [-0.1, -0.05) is 42.5 Å². The molecule has 2 heterocycles. The van der Waals surface area contributed by atoms with Crippen molar-refractivity contribution in [2.45, 2.75) is 19.1 Å². The second-order valence-electron chi connectivity index (χ2n) is 7.38. The predicted octanol–water partition coefficient (Wildman–Crippen LogP) is 3.66. The molecule has 1 N–H and O–H groups in total. The Labute approximate surface area is 183 Å². The molecule has 1 saturated heterocycles. The molecule has 0 aliphatic carbocycles. The second kappa shape index (κ2) is 11.2. The minimum absolute atomic E-state index is 0. The zero-order valence-corrected chi connectivity index (χ0v) is 17.7. The average Bonchev–Trinajstić information content (AvgIpc) is 3.20. The fourth-order valence-electron chi connectivity index (χ4n) is 3.77. The van der Waals surface area contributed by atoms with Crippen LogP contribution in [0.25, 0.3) is 0 Å². The van der Waals surface area contributed by atoms with Crippen LogP contribution >= 0.6 is 12.4 Å². The van der Waals surface area contributed by atoms with Crippen LogP contribution in [-0.2, 0) is 17.8 Å². The molecule has 1 fully saturated rings. The number of halogens is 2. The molecule has 7 heteroatoms. The molecule has 1 atom stereocenters. The largest absolute Gasteiger partial charge is 0.379 e. The van der Waals surface area contributed by atoms with E-state index in [4.69, 9.17) is 4.74 Å². The molecule has 1 unspecified atom stereocenters. The minimum Gasteiger partial charge on any atom is -0.379 e. The first kappa shape index (κ1) is 22.4. The van der Waals surface area contributed by atoms with E-state index in [9.17, 15) is 4.39 Å². The molecule has 30 heavy (non-hydrogen) atoms. The second-order valence-corrected chi connectivity index (χ2v) is 7.38. The molecule has 5 nitrogen and oxygen atoms in total. The average molecular weight is 431 g/mol. The number of morpholine rings is 1. The number of nitrogens with zero attached hydrogens (tertiary/aromatic N) is 3. The van der Waals surface area contributed by atoms with E-state index < -0.39 is 0 Å². The number of hydrogen-bond donors (Lipinski definition) is 1. The molecule has 0 bridgehead atoms. The maximum Gasteiger partial charge on any atom is 0.123 e. The van der Waals surface area contributed by atoms with Gasteiger partial charge in [0.05, 0.1) is 26.0 Å². The fraction of sp³-hybridized carbons (Fsp3) is 0.348. The molecular formula is C23H28ClFN4O. The SMILES string of the molecule is Cl.Fc1cccc(C(CNCc2cnn(Cc3ccccc3)c2)N2CCOCC2)c1. The van der Waals surface area contributed by atoms with E-state index in [-0.39, 0.29) is 24.3 Å². The van der Waals surface area contributed by atoms with E-state index in [0.717, 1.165) is 57.1 Å². The van der Waals surface area contributed by atoms with E-state index in [2.05, 4.69) is 33.6 Å². The highest BCUT2D eigenvalue weighted by Gasteiger charge is 2.22. The van der Waals surface area contributed by atoms with Crippen molar-refractivity contribution < 1.29 is 9.13 Å². The van der Waals surface area contributed by atoms with Gasteiger partial charge in [0.25, 0.3) is 0 Å². The van der Waals surface area contributed by atoms with Gasteiger partial charge in [0, 0.05) is 44.0 Å². The summed E-state index contributed by atoms with van der Waals surface area (Å²) in [7, 11) is 0. The zero-order chi connectivity index (χ0) is 19.9. The summed E-state index contributed by atoms with van der Waals surface area (Å²) in [4.78, 5) is 2.37. The first-order valence-electron chi connectivity index (χ1n) is 10.1. The third-order valence-corrected chi connectivity index (χ3v) is 5.26. The van der Waals surface area contributed by atoms with Crippen molar-refractivity contribution >= 4 is 12.4 Å². The van der Waals surface area contributed by atoms with Crippen LogP contribution in [0.5, 0.6) is 0 Å². The first-order valence-corrected chi connectivity index (χ1v) is 10.1. The number of ether oxygens (including phenoxy) is 1. The molecule has 1 aliphatic heterocycles. The fourth-order valence-corrected chi connectivity index (χ4v) is 3.77. The van der Waals surface area contributed by atoms with Gasteiger partial charge in [0.1, 0.15) is 5.82 Å². The molecule has 2 aromatic carbocycles. The van der Waals surface area contributed by atoms with Crippen LogP contribution in [0, 0.1) is 5.82 Å². The lowest BCUT2D eigenvalue weighted by molar-refractivity contribution is 0.0160. The third kappa shape index (κ3) is 6.12. The summed E-state index contributed by atoms with van der Waals surface area (Å²) < 4.78 is 21.2. The smallest absolute Gasteiger partial charge is 0.123 e. The molecule has 0 radical (unpaired) electrons. The van der Waals surface area contributed by atoms with Gasteiger partial charge in [-0.25, -0.2) is 4.39 Å². The van der Waals surface area contributed by atoms with Gasteiger partial charge in [-0.2, -0.15) is 5.10 Å². The van der Waals surface area contributed by atoms with Crippen molar-refractivity contribution in [2.24, 2.45) is 0 Å². The first-order chi connectivity index (χ1) is 14.3. The molecule has 1 aromatic heterocycles. The van der Waals surface area contributed by atoms with Gasteiger partial charge in [0.2, 0.25) is 0 Å². The van der Waals surface area contributed by atoms with Crippen LogP contribution in [0.4, 0.5) is 4.39 Å². The summed E-state index contributed by atoms with van der Waals surface area (Å²) in [5.41, 5.74) is 3.37.